The van der Waals surface area contributed by atoms with Crippen molar-refractivity contribution in [2.75, 3.05) is 18.4 Å². The number of carbonyl (C=O) groups is 1. The molecule has 0 saturated carbocycles. The third kappa shape index (κ3) is 5.21. The Morgan fingerprint density at radius 3 is 2.84 bits per heavy atom. The highest BCUT2D eigenvalue weighted by atomic mass is 19.1. The molecular weight excluding hydrogens is 393 g/mol. The molecule has 3 heterocycles. The van der Waals surface area contributed by atoms with Crippen LogP contribution in [0.2, 0.25) is 0 Å². The summed E-state index contributed by atoms with van der Waals surface area (Å²) < 4.78 is 13.0. The smallest absolute Gasteiger partial charge is 0.222 e. The van der Waals surface area contributed by atoms with Crippen LogP contribution in [0.3, 0.4) is 0 Å². The summed E-state index contributed by atoms with van der Waals surface area (Å²) in [5.74, 6) is 1.03. The molecule has 164 valence electrons. The second-order valence-corrected chi connectivity index (χ2v) is 8.66. The molecule has 1 aliphatic heterocycles. The van der Waals surface area contributed by atoms with Gasteiger partial charge in [0.2, 0.25) is 5.91 Å². The number of hydrogen-bond donors (Lipinski definition) is 2. The molecule has 6 nitrogen and oxygen atoms in total. The highest BCUT2D eigenvalue weighted by Crippen LogP contribution is 2.29. The van der Waals surface area contributed by atoms with Crippen LogP contribution in [0.1, 0.15) is 56.7 Å². The fraction of sp³-hybridized carbons (Fsp3) is 0.458. The van der Waals surface area contributed by atoms with E-state index in [1.165, 1.54) is 12.1 Å². The molecule has 0 unspecified atom stereocenters. The van der Waals surface area contributed by atoms with Crippen molar-refractivity contribution in [3.63, 3.8) is 0 Å². The molecule has 0 aliphatic carbocycles. The van der Waals surface area contributed by atoms with Gasteiger partial charge in [-0.15, -0.1) is 0 Å². The first-order valence-electron chi connectivity index (χ1n) is 11.1. The van der Waals surface area contributed by atoms with Crippen LogP contribution < -0.4 is 5.32 Å². The Hall–Kier alpha value is -2.96. The number of likely N-dealkylation sites (tertiary alicyclic amines) is 1. The molecule has 1 amide bonds. The number of piperidine rings is 1. The lowest BCUT2D eigenvalue weighted by Gasteiger charge is -2.32. The number of nitrogens with zero attached hydrogens (tertiary/aromatic N) is 3. The van der Waals surface area contributed by atoms with E-state index in [-0.39, 0.29) is 17.6 Å². The standard InChI is InChI=1S/C24H30FN5O/c1-16(2)26-23-20-12-13-21(27-24(20)29-28-23)18-6-4-14-30(15-18)22(31)7-3-5-17-8-10-19(25)11-9-17/h8-13,16,18H,3-7,14-15H2,1-2H3,(H2,26,27,28,29)/t18-/m0/s1. The van der Waals surface area contributed by atoms with Crippen LogP contribution in [-0.4, -0.2) is 45.1 Å². The lowest BCUT2D eigenvalue weighted by molar-refractivity contribution is -0.132. The van der Waals surface area contributed by atoms with Crippen molar-refractivity contribution in [2.45, 2.75) is 57.9 Å². The normalized spacial score (nSPS) is 16.8. The monoisotopic (exact) mass is 423 g/mol. The predicted molar refractivity (Wildman–Crippen MR) is 121 cm³/mol. The maximum Gasteiger partial charge on any atom is 0.222 e. The van der Waals surface area contributed by atoms with Gasteiger partial charge in [-0.2, -0.15) is 5.10 Å². The van der Waals surface area contributed by atoms with Gasteiger partial charge in [0.15, 0.2) is 11.5 Å². The lowest BCUT2D eigenvalue weighted by atomic mass is 9.93. The summed E-state index contributed by atoms with van der Waals surface area (Å²) in [5, 5.41) is 11.7. The highest BCUT2D eigenvalue weighted by Gasteiger charge is 2.26. The number of aromatic amines is 1. The Bertz CT molecular complexity index is 1030. The second-order valence-electron chi connectivity index (χ2n) is 8.66. The third-order valence-electron chi connectivity index (χ3n) is 5.83. The van der Waals surface area contributed by atoms with Crippen molar-refractivity contribution in [1.29, 1.82) is 0 Å². The van der Waals surface area contributed by atoms with Crippen LogP contribution in [0.15, 0.2) is 36.4 Å². The SMILES string of the molecule is CC(C)Nc1n[nH]c2nc([C@H]3CCCN(C(=O)CCCc4ccc(F)cc4)C3)ccc12. The quantitative estimate of drug-likeness (QED) is 0.580. The first-order valence-corrected chi connectivity index (χ1v) is 11.1. The summed E-state index contributed by atoms with van der Waals surface area (Å²) >= 11 is 0. The number of amides is 1. The Labute approximate surface area is 182 Å². The maximum absolute atomic E-state index is 13.0. The fourth-order valence-corrected chi connectivity index (χ4v) is 4.23. The number of aromatic nitrogens is 3. The summed E-state index contributed by atoms with van der Waals surface area (Å²) in [6.07, 6.45) is 4.09. The van der Waals surface area contributed by atoms with Crippen molar-refractivity contribution in [2.24, 2.45) is 0 Å². The zero-order valence-electron chi connectivity index (χ0n) is 18.2. The average Bonchev–Trinajstić information content (AvgIpc) is 3.16. The van der Waals surface area contributed by atoms with Gasteiger partial charge in [-0.3, -0.25) is 9.89 Å². The van der Waals surface area contributed by atoms with E-state index in [1.54, 1.807) is 12.1 Å². The fourth-order valence-electron chi connectivity index (χ4n) is 4.23. The number of H-pyrrole nitrogens is 1. The molecule has 1 aromatic carbocycles. The summed E-state index contributed by atoms with van der Waals surface area (Å²) in [5.41, 5.74) is 2.86. The lowest BCUT2D eigenvalue weighted by Crippen LogP contribution is -2.39. The van der Waals surface area contributed by atoms with E-state index in [2.05, 4.69) is 41.5 Å². The van der Waals surface area contributed by atoms with Gasteiger partial charge in [0, 0.05) is 37.2 Å². The molecule has 1 atom stereocenters. The minimum atomic E-state index is -0.228. The first kappa shape index (κ1) is 21.3. The second kappa shape index (κ2) is 9.45. The Balaban J connectivity index is 1.35. The van der Waals surface area contributed by atoms with E-state index < -0.39 is 0 Å². The van der Waals surface area contributed by atoms with E-state index in [4.69, 9.17) is 4.98 Å². The minimum Gasteiger partial charge on any atom is -0.366 e. The molecule has 0 bridgehead atoms. The van der Waals surface area contributed by atoms with Crippen molar-refractivity contribution in [1.82, 2.24) is 20.1 Å². The molecule has 31 heavy (non-hydrogen) atoms. The van der Waals surface area contributed by atoms with E-state index in [0.717, 1.165) is 60.3 Å². The van der Waals surface area contributed by atoms with Crippen LogP contribution in [0.25, 0.3) is 11.0 Å². The average molecular weight is 424 g/mol. The van der Waals surface area contributed by atoms with Gasteiger partial charge in [-0.25, -0.2) is 9.37 Å². The molecular formula is C24H30FN5O. The predicted octanol–water partition coefficient (Wildman–Crippen LogP) is 4.65. The van der Waals surface area contributed by atoms with Crippen LogP contribution in [0.5, 0.6) is 0 Å². The van der Waals surface area contributed by atoms with E-state index >= 15 is 0 Å². The number of aryl methyl sites for hydroxylation is 1. The first-order chi connectivity index (χ1) is 15.0. The molecule has 7 heteroatoms. The Morgan fingerprint density at radius 2 is 2.06 bits per heavy atom. The van der Waals surface area contributed by atoms with Crippen molar-refractivity contribution >= 4 is 22.8 Å². The van der Waals surface area contributed by atoms with Crippen molar-refractivity contribution in [3.8, 4) is 0 Å². The van der Waals surface area contributed by atoms with E-state index in [9.17, 15) is 9.18 Å². The van der Waals surface area contributed by atoms with Crippen LogP contribution >= 0.6 is 0 Å². The summed E-state index contributed by atoms with van der Waals surface area (Å²) in [6, 6.07) is 10.9. The van der Waals surface area contributed by atoms with Crippen LogP contribution in [0, 0.1) is 5.82 Å². The number of pyridine rings is 1. The Morgan fingerprint density at radius 1 is 1.26 bits per heavy atom. The zero-order chi connectivity index (χ0) is 21.8. The van der Waals surface area contributed by atoms with Crippen molar-refractivity contribution < 1.29 is 9.18 Å². The maximum atomic E-state index is 13.0. The molecule has 2 aromatic heterocycles. The molecule has 1 saturated heterocycles. The number of rotatable bonds is 7. The molecule has 1 fully saturated rings. The molecule has 1 aliphatic rings. The largest absolute Gasteiger partial charge is 0.366 e. The Kier molecular flexibility index (Phi) is 6.49. The zero-order valence-corrected chi connectivity index (χ0v) is 18.2. The van der Waals surface area contributed by atoms with Gasteiger partial charge >= 0.3 is 0 Å². The highest BCUT2D eigenvalue weighted by molar-refractivity contribution is 5.87. The molecule has 2 N–H and O–H groups in total. The van der Waals surface area contributed by atoms with Crippen LogP contribution in [0.4, 0.5) is 10.2 Å². The number of halogens is 1. The molecule has 4 rings (SSSR count). The molecule has 3 aromatic rings. The number of benzene rings is 1. The number of fused-ring (bicyclic) bond motifs is 1. The minimum absolute atomic E-state index is 0.192. The van der Waals surface area contributed by atoms with Gasteiger partial charge in [-0.05, 0) is 69.4 Å². The summed E-state index contributed by atoms with van der Waals surface area (Å²) in [7, 11) is 0. The number of nitrogens with one attached hydrogen (secondary N) is 2. The van der Waals surface area contributed by atoms with Gasteiger partial charge in [0.1, 0.15) is 5.82 Å². The third-order valence-corrected chi connectivity index (χ3v) is 5.83. The van der Waals surface area contributed by atoms with Gasteiger partial charge in [0.25, 0.3) is 0 Å². The van der Waals surface area contributed by atoms with Crippen molar-refractivity contribution in [3.05, 3.63) is 53.5 Å². The van der Waals surface area contributed by atoms with Gasteiger partial charge in [-0.1, -0.05) is 12.1 Å². The number of carbonyl (C=O) groups excluding carboxylic acids is 1. The van der Waals surface area contributed by atoms with Gasteiger partial charge < -0.3 is 10.2 Å². The number of anilines is 1. The van der Waals surface area contributed by atoms with E-state index in [0.29, 0.717) is 19.0 Å². The topological polar surface area (TPSA) is 73.9 Å². The van der Waals surface area contributed by atoms with Crippen LogP contribution in [-0.2, 0) is 11.2 Å². The molecule has 0 spiro atoms. The van der Waals surface area contributed by atoms with E-state index in [1.807, 2.05) is 4.90 Å². The van der Waals surface area contributed by atoms with Gasteiger partial charge in [0.05, 0.1) is 5.39 Å². The number of hydrogen-bond acceptors (Lipinski definition) is 4. The molecule has 0 radical (unpaired) electrons. The summed E-state index contributed by atoms with van der Waals surface area (Å²) in [6.45, 7) is 5.67. The summed E-state index contributed by atoms with van der Waals surface area (Å²) in [4.78, 5) is 19.5.